The maximum atomic E-state index is 13.4. The minimum atomic E-state index is -0.482. The van der Waals surface area contributed by atoms with E-state index >= 15 is 0 Å². The first-order valence-electron chi connectivity index (χ1n) is 9.95. The molecule has 160 valence electrons. The fourth-order valence-electron chi connectivity index (χ4n) is 4.01. The number of rotatable bonds is 5. The Hall–Kier alpha value is -3.68. The molecule has 0 N–H and O–H groups in total. The number of aromatic nitrogens is 3. The monoisotopic (exact) mass is 420 g/mol. The first-order chi connectivity index (χ1) is 14.9. The predicted molar refractivity (Wildman–Crippen MR) is 114 cm³/mol. The van der Waals surface area contributed by atoms with E-state index in [4.69, 9.17) is 9.47 Å². The van der Waals surface area contributed by atoms with Crippen LogP contribution in [0.15, 0.2) is 36.7 Å². The summed E-state index contributed by atoms with van der Waals surface area (Å²) in [6.07, 6.45) is 4.23. The van der Waals surface area contributed by atoms with Crippen LogP contribution in [0.5, 0.6) is 5.75 Å². The van der Waals surface area contributed by atoms with Gasteiger partial charge in [0.25, 0.3) is 5.91 Å². The highest BCUT2D eigenvalue weighted by Gasteiger charge is 2.29. The van der Waals surface area contributed by atoms with Crippen LogP contribution < -0.4 is 4.74 Å². The van der Waals surface area contributed by atoms with Crippen molar-refractivity contribution in [1.82, 2.24) is 19.7 Å². The molecule has 0 aliphatic carbocycles. The van der Waals surface area contributed by atoms with Crippen molar-refractivity contribution in [3.63, 3.8) is 0 Å². The van der Waals surface area contributed by atoms with Crippen LogP contribution in [0.3, 0.4) is 0 Å². The van der Waals surface area contributed by atoms with Crippen molar-refractivity contribution in [2.24, 2.45) is 7.05 Å². The van der Waals surface area contributed by atoms with E-state index in [-0.39, 0.29) is 5.91 Å². The average molecular weight is 420 g/mol. The van der Waals surface area contributed by atoms with Gasteiger partial charge in [-0.2, -0.15) is 5.10 Å². The largest absolute Gasteiger partial charge is 0.497 e. The average Bonchev–Trinajstić information content (AvgIpc) is 3.12. The van der Waals surface area contributed by atoms with Gasteiger partial charge in [-0.1, -0.05) is 0 Å². The van der Waals surface area contributed by atoms with Gasteiger partial charge in [0.1, 0.15) is 5.75 Å². The number of carbonyl (C=O) groups is 2. The molecule has 0 bridgehead atoms. The molecule has 0 spiro atoms. The molecule has 0 saturated carbocycles. The highest BCUT2D eigenvalue weighted by Crippen LogP contribution is 2.34. The molecule has 4 rings (SSSR count). The highest BCUT2D eigenvalue weighted by atomic mass is 16.5. The number of nitrogens with zero attached hydrogens (tertiary/aromatic N) is 4. The number of benzene rings is 1. The minimum absolute atomic E-state index is 0.139. The number of fused-ring (bicyclic) bond motifs is 1. The molecular weight excluding hydrogens is 396 g/mol. The number of methoxy groups -OCH3 is 2. The molecule has 8 nitrogen and oxygen atoms in total. The summed E-state index contributed by atoms with van der Waals surface area (Å²) in [4.78, 5) is 31.8. The number of amides is 1. The lowest BCUT2D eigenvalue weighted by Gasteiger charge is -2.30. The first-order valence-corrected chi connectivity index (χ1v) is 9.95. The maximum Gasteiger partial charge on any atom is 0.337 e. The molecule has 1 aliphatic heterocycles. The Bertz CT molecular complexity index is 1170. The molecule has 0 saturated heterocycles. The first kappa shape index (κ1) is 20.6. The molecule has 3 aromatic rings. The van der Waals surface area contributed by atoms with E-state index in [1.807, 2.05) is 26.2 Å². The SMILES string of the molecule is COC(=O)c1cc2c(c(-c3cn(C)nc3C)c1)CCN(Cc1cc(OC)ccn1)C2=O. The number of hydrogen-bond donors (Lipinski definition) is 0. The molecule has 8 heteroatoms. The smallest absolute Gasteiger partial charge is 0.337 e. The van der Waals surface area contributed by atoms with Gasteiger partial charge < -0.3 is 14.4 Å². The van der Waals surface area contributed by atoms with Gasteiger partial charge in [0, 0.05) is 43.2 Å². The summed E-state index contributed by atoms with van der Waals surface area (Å²) < 4.78 is 11.9. The fraction of sp³-hybridized carbons (Fsp3) is 0.304. The van der Waals surface area contributed by atoms with Gasteiger partial charge in [-0.3, -0.25) is 14.5 Å². The topological polar surface area (TPSA) is 86.6 Å². The van der Waals surface area contributed by atoms with Gasteiger partial charge in [-0.05, 0) is 42.7 Å². The summed E-state index contributed by atoms with van der Waals surface area (Å²) in [5.41, 5.74) is 5.09. The van der Waals surface area contributed by atoms with Crippen molar-refractivity contribution in [3.8, 4) is 16.9 Å². The zero-order valence-corrected chi connectivity index (χ0v) is 18.0. The van der Waals surface area contributed by atoms with E-state index in [0.717, 1.165) is 28.1 Å². The summed E-state index contributed by atoms with van der Waals surface area (Å²) >= 11 is 0. The number of pyridine rings is 1. The molecule has 31 heavy (non-hydrogen) atoms. The van der Waals surface area contributed by atoms with E-state index in [9.17, 15) is 9.59 Å². The van der Waals surface area contributed by atoms with Crippen LogP contribution in [-0.2, 0) is 24.8 Å². The van der Waals surface area contributed by atoms with E-state index in [0.29, 0.717) is 36.4 Å². The molecule has 2 aromatic heterocycles. The Kier molecular flexibility index (Phi) is 5.46. The maximum absolute atomic E-state index is 13.4. The van der Waals surface area contributed by atoms with Gasteiger partial charge in [0.05, 0.1) is 37.7 Å². The fourth-order valence-corrected chi connectivity index (χ4v) is 4.01. The van der Waals surface area contributed by atoms with E-state index in [1.54, 1.807) is 41.1 Å². The molecule has 1 aliphatic rings. The van der Waals surface area contributed by atoms with Crippen LogP contribution in [0.2, 0.25) is 0 Å². The normalized spacial score (nSPS) is 13.2. The van der Waals surface area contributed by atoms with Crippen LogP contribution in [0.1, 0.15) is 37.7 Å². The molecule has 0 atom stereocenters. The second-order valence-corrected chi connectivity index (χ2v) is 7.51. The quantitative estimate of drug-likeness (QED) is 0.590. The summed E-state index contributed by atoms with van der Waals surface area (Å²) in [5, 5.41) is 4.42. The third kappa shape index (κ3) is 3.88. The van der Waals surface area contributed by atoms with Gasteiger partial charge >= 0.3 is 5.97 Å². The van der Waals surface area contributed by atoms with Gasteiger partial charge in [-0.15, -0.1) is 0 Å². The third-order valence-corrected chi connectivity index (χ3v) is 5.50. The van der Waals surface area contributed by atoms with Crippen LogP contribution in [0, 0.1) is 6.92 Å². The lowest BCUT2D eigenvalue weighted by atomic mass is 9.88. The van der Waals surface area contributed by atoms with E-state index in [1.165, 1.54) is 7.11 Å². The summed E-state index contributed by atoms with van der Waals surface area (Å²) in [7, 11) is 4.78. The zero-order valence-electron chi connectivity index (χ0n) is 18.0. The van der Waals surface area contributed by atoms with Crippen molar-refractivity contribution in [1.29, 1.82) is 0 Å². The third-order valence-electron chi connectivity index (χ3n) is 5.50. The van der Waals surface area contributed by atoms with Crippen molar-refractivity contribution in [3.05, 3.63) is 64.7 Å². The number of esters is 1. The van der Waals surface area contributed by atoms with Crippen LogP contribution in [0.25, 0.3) is 11.1 Å². The van der Waals surface area contributed by atoms with E-state index < -0.39 is 5.97 Å². The summed E-state index contributed by atoms with van der Waals surface area (Å²) in [5.74, 6) is 0.0709. The molecule has 1 amide bonds. The second kappa shape index (κ2) is 8.22. The predicted octanol–water partition coefficient (Wildman–Crippen LogP) is 2.78. The lowest BCUT2D eigenvalue weighted by molar-refractivity contribution is 0.0600. The Morgan fingerprint density at radius 2 is 1.94 bits per heavy atom. The van der Waals surface area contributed by atoms with Crippen molar-refractivity contribution >= 4 is 11.9 Å². The van der Waals surface area contributed by atoms with Crippen molar-refractivity contribution in [2.75, 3.05) is 20.8 Å². The van der Waals surface area contributed by atoms with Crippen molar-refractivity contribution in [2.45, 2.75) is 19.9 Å². The van der Waals surface area contributed by atoms with Crippen molar-refractivity contribution < 1.29 is 19.1 Å². The molecule has 3 heterocycles. The Morgan fingerprint density at radius 1 is 1.16 bits per heavy atom. The Labute approximate surface area is 180 Å². The number of aryl methyl sites for hydroxylation is 2. The van der Waals surface area contributed by atoms with Gasteiger partial charge in [0.2, 0.25) is 0 Å². The highest BCUT2D eigenvalue weighted by molar-refractivity contribution is 6.02. The van der Waals surface area contributed by atoms with Crippen LogP contribution in [0.4, 0.5) is 0 Å². The number of ether oxygens (including phenoxy) is 2. The molecular formula is C23H24N4O4. The molecule has 1 aromatic carbocycles. The zero-order chi connectivity index (χ0) is 22.1. The standard InChI is InChI=1S/C23H24N4O4/c1-14-21(13-26(2)25-14)19-9-15(23(29)31-4)10-20-18(19)6-8-27(22(20)28)12-16-11-17(30-3)5-7-24-16/h5,7,9-11,13H,6,8,12H2,1-4H3. The van der Waals surface area contributed by atoms with Gasteiger partial charge in [0.15, 0.2) is 0 Å². The number of hydrogen-bond acceptors (Lipinski definition) is 6. The lowest BCUT2D eigenvalue weighted by Crippen LogP contribution is -2.37. The van der Waals surface area contributed by atoms with E-state index in [2.05, 4.69) is 10.1 Å². The second-order valence-electron chi connectivity index (χ2n) is 7.51. The Balaban J connectivity index is 1.76. The van der Waals surface area contributed by atoms with Crippen LogP contribution in [-0.4, -0.2) is 52.3 Å². The number of carbonyl (C=O) groups excluding carboxylic acids is 2. The summed E-state index contributed by atoms with van der Waals surface area (Å²) in [6.45, 7) is 2.83. The molecule has 0 fully saturated rings. The summed E-state index contributed by atoms with van der Waals surface area (Å²) in [6, 6.07) is 7.01. The molecule has 0 unspecified atom stereocenters. The van der Waals surface area contributed by atoms with Crippen LogP contribution >= 0.6 is 0 Å². The van der Waals surface area contributed by atoms with Gasteiger partial charge in [-0.25, -0.2) is 4.79 Å². The Morgan fingerprint density at radius 3 is 2.61 bits per heavy atom. The minimum Gasteiger partial charge on any atom is -0.497 e. The molecule has 0 radical (unpaired) electrons.